The van der Waals surface area contributed by atoms with Crippen LogP contribution in [0.2, 0.25) is 0 Å². The molecule has 0 aromatic carbocycles. The summed E-state index contributed by atoms with van der Waals surface area (Å²) in [6.45, 7) is 9.71. The van der Waals surface area contributed by atoms with Crippen molar-refractivity contribution < 1.29 is 80.2 Å². The van der Waals surface area contributed by atoms with Gasteiger partial charge in [0.1, 0.15) is 19.3 Å². The lowest BCUT2D eigenvalue weighted by atomic mass is 10.0. The molecule has 0 aliphatic heterocycles. The van der Waals surface area contributed by atoms with Gasteiger partial charge in [-0.05, 0) is 37.5 Å². The molecule has 0 rings (SSSR count). The first-order valence-electron chi connectivity index (χ1n) is 46.5. The van der Waals surface area contributed by atoms with Crippen LogP contribution in [-0.4, -0.2) is 96.7 Å². The SMILES string of the molecule is CCCCCCCCCCCCCCCCCCCCCCC(=O)O[C@H](COC(=O)CCCCCCCCCCCCCCCCCCC(C)C)COP(=O)(O)OC[C@@H](O)COP(=O)(O)OC[C@@H](COC(=O)CCCCCCCCCCCC(C)C)OC(=O)CCCCCCCCCCCCCCCCCCCC. The number of carbonyl (C=O) groups is 4. The van der Waals surface area contributed by atoms with E-state index in [0.29, 0.717) is 25.7 Å². The van der Waals surface area contributed by atoms with E-state index in [2.05, 4.69) is 41.5 Å². The summed E-state index contributed by atoms with van der Waals surface area (Å²) in [5, 5.41) is 10.7. The van der Waals surface area contributed by atoms with Crippen LogP contribution in [0.5, 0.6) is 0 Å². The third-order valence-corrected chi connectivity index (χ3v) is 23.1. The maximum absolute atomic E-state index is 13.2. The predicted octanol–water partition coefficient (Wildman–Crippen LogP) is 27.8. The van der Waals surface area contributed by atoms with Gasteiger partial charge >= 0.3 is 39.5 Å². The first-order valence-corrected chi connectivity index (χ1v) is 49.5. The number of unbranched alkanes of at least 4 members (excludes halogenated alkanes) is 59. The number of phosphoric ester groups is 2. The predicted molar refractivity (Wildman–Crippen MR) is 451 cm³/mol. The third kappa shape index (κ3) is 83.8. The number of phosphoric acid groups is 2. The lowest BCUT2D eigenvalue weighted by molar-refractivity contribution is -0.161. The Hall–Kier alpha value is -1.94. The van der Waals surface area contributed by atoms with Crippen LogP contribution in [0.1, 0.15) is 485 Å². The molecule has 0 heterocycles. The van der Waals surface area contributed by atoms with Crippen LogP contribution in [0, 0.1) is 11.8 Å². The highest BCUT2D eigenvalue weighted by Crippen LogP contribution is 2.45. The maximum Gasteiger partial charge on any atom is 0.472 e. The van der Waals surface area contributed by atoms with E-state index in [1.54, 1.807) is 0 Å². The number of aliphatic hydroxyl groups excluding tert-OH is 1. The zero-order chi connectivity index (χ0) is 79.9. The van der Waals surface area contributed by atoms with Gasteiger partial charge in [-0.2, -0.15) is 0 Å². The quantitative estimate of drug-likeness (QED) is 0.0222. The molecule has 0 saturated carbocycles. The van der Waals surface area contributed by atoms with Crippen molar-refractivity contribution in [1.82, 2.24) is 0 Å². The average Bonchev–Trinajstić information content (AvgIpc) is 0.905. The summed E-state index contributed by atoms with van der Waals surface area (Å²) in [5.74, 6) is -0.540. The van der Waals surface area contributed by atoms with Gasteiger partial charge < -0.3 is 33.8 Å². The lowest BCUT2D eigenvalue weighted by Crippen LogP contribution is -2.30. The van der Waals surface area contributed by atoms with Crippen LogP contribution in [0.15, 0.2) is 0 Å². The van der Waals surface area contributed by atoms with E-state index in [0.717, 1.165) is 102 Å². The molecule has 19 heteroatoms. The molecule has 0 radical (unpaired) electrons. The highest BCUT2D eigenvalue weighted by atomic mass is 31.2. The van der Waals surface area contributed by atoms with Gasteiger partial charge in [0.2, 0.25) is 0 Å². The molecule has 5 atom stereocenters. The second-order valence-electron chi connectivity index (χ2n) is 33.3. The van der Waals surface area contributed by atoms with E-state index in [1.807, 2.05) is 0 Å². The number of esters is 4. The van der Waals surface area contributed by atoms with E-state index in [4.69, 9.17) is 37.0 Å². The number of rotatable bonds is 89. The molecule has 0 aromatic heterocycles. The molecule has 2 unspecified atom stereocenters. The second kappa shape index (κ2) is 81.2. The summed E-state index contributed by atoms with van der Waals surface area (Å²) in [6.07, 6.45) is 75.0. The van der Waals surface area contributed by atoms with Gasteiger partial charge in [-0.15, -0.1) is 0 Å². The Morgan fingerprint density at radius 3 is 0.624 bits per heavy atom. The third-order valence-electron chi connectivity index (χ3n) is 21.2. The minimum atomic E-state index is -4.97. The first kappa shape index (κ1) is 107. The van der Waals surface area contributed by atoms with Crippen LogP contribution in [0.3, 0.4) is 0 Å². The van der Waals surface area contributed by atoms with Crippen molar-refractivity contribution in [1.29, 1.82) is 0 Å². The topological polar surface area (TPSA) is 237 Å². The Balaban J connectivity index is 5.25. The number of ether oxygens (including phenoxy) is 4. The summed E-state index contributed by atoms with van der Waals surface area (Å²) in [5.41, 5.74) is 0. The number of hydrogen-bond donors (Lipinski definition) is 3. The minimum Gasteiger partial charge on any atom is -0.462 e. The van der Waals surface area contributed by atoms with Gasteiger partial charge in [-0.3, -0.25) is 37.3 Å². The molecule has 0 bridgehead atoms. The molecule has 648 valence electrons. The lowest BCUT2D eigenvalue weighted by Gasteiger charge is -2.21. The van der Waals surface area contributed by atoms with Crippen LogP contribution in [0.25, 0.3) is 0 Å². The number of aliphatic hydroxyl groups is 1. The molecule has 0 aliphatic carbocycles. The van der Waals surface area contributed by atoms with Crippen molar-refractivity contribution in [3.8, 4) is 0 Å². The fraction of sp³-hybridized carbons (Fsp3) is 0.956. The van der Waals surface area contributed by atoms with Crippen LogP contribution < -0.4 is 0 Å². The number of hydrogen-bond acceptors (Lipinski definition) is 15. The van der Waals surface area contributed by atoms with Gasteiger partial charge in [-0.1, -0.05) is 433 Å². The van der Waals surface area contributed by atoms with Gasteiger partial charge in [0.15, 0.2) is 12.2 Å². The van der Waals surface area contributed by atoms with Crippen molar-refractivity contribution in [2.45, 2.75) is 503 Å². The normalized spacial score (nSPS) is 13.8. The van der Waals surface area contributed by atoms with Crippen molar-refractivity contribution in [2.24, 2.45) is 11.8 Å². The fourth-order valence-electron chi connectivity index (χ4n) is 14.1. The van der Waals surface area contributed by atoms with Crippen LogP contribution in [0.4, 0.5) is 0 Å². The summed E-state index contributed by atoms with van der Waals surface area (Å²) < 4.78 is 69.1. The van der Waals surface area contributed by atoms with E-state index in [9.17, 15) is 43.2 Å². The monoisotopic (exact) mass is 1590 g/mol. The van der Waals surface area contributed by atoms with Gasteiger partial charge in [-0.25, -0.2) is 9.13 Å². The average molecular weight is 1590 g/mol. The standard InChI is InChI=1S/C90H176O17P2/c1-7-9-11-13-15-17-19-21-23-25-27-28-30-36-40-44-50-57-63-69-74-89(94)106-85(78-100-87(92)72-66-60-54-48-42-38-34-32-31-33-37-41-46-52-58-64-70-82(3)4)80-104-108(96,97)102-76-84(91)77-103-109(98,99)105-81-86(79-101-88(93)73-67-61-55-51-45-47-53-59-65-71-83(5)6)107-90(95)75-68-62-56-49-43-39-35-29-26-24-22-20-18-16-14-12-10-8-2/h82-86,91H,7-81H2,1-6H3,(H,96,97)(H,98,99)/t84-,85-,86-/m1/s1. The first-order chi connectivity index (χ1) is 52.9. The van der Waals surface area contributed by atoms with Crippen molar-refractivity contribution >= 4 is 39.5 Å². The van der Waals surface area contributed by atoms with Gasteiger partial charge in [0.05, 0.1) is 26.4 Å². The Labute approximate surface area is 670 Å². The van der Waals surface area contributed by atoms with Gasteiger partial charge in [0, 0.05) is 25.7 Å². The van der Waals surface area contributed by atoms with Crippen molar-refractivity contribution in [3.05, 3.63) is 0 Å². The summed E-state index contributed by atoms with van der Waals surface area (Å²) in [7, 11) is -9.94. The molecule has 0 aliphatic rings. The van der Waals surface area contributed by atoms with Crippen molar-refractivity contribution in [3.63, 3.8) is 0 Å². The molecule has 109 heavy (non-hydrogen) atoms. The number of carbonyl (C=O) groups excluding carboxylic acids is 4. The Morgan fingerprint density at radius 2 is 0.422 bits per heavy atom. The highest BCUT2D eigenvalue weighted by Gasteiger charge is 2.31. The highest BCUT2D eigenvalue weighted by molar-refractivity contribution is 7.47. The van der Waals surface area contributed by atoms with Crippen LogP contribution >= 0.6 is 15.6 Å². The smallest absolute Gasteiger partial charge is 0.462 e. The molecular weight excluding hydrogens is 1410 g/mol. The van der Waals surface area contributed by atoms with E-state index in [1.165, 1.54) is 302 Å². The molecule has 0 fully saturated rings. The zero-order valence-electron chi connectivity index (χ0n) is 71.9. The second-order valence-corrected chi connectivity index (χ2v) is 36.2. The van der Waals surface area contributed by atoms with E-state index in [-0.39, 0.29) is 25.7 Å². The molecule has 0 aromatic rings. The molecule has 0 amide bonds. The molecule has 17 nitrogen and oxygen atoms in total. The van der Waals surface area contributed by atoms with Crippen LogP contribution in [-0.2, 0) is 65.4 Å². The molecule has 3 N–H and O–H groups in total. The van der Waals surface area contributed by atoms with E-state index < -0.39 is 97.5 Å². The fourth-order valence-corrected chi connectivity index (χ4v) is 15.7. The molecular formula is C90H176O17P2. The Kier molecular flexibility index (Phi) is 79.8. The zero-order valence-corrected chi connectivity index (χ0v) is 73.7. The van der Waals surface area contributed by atoms with E-state index >= 15 is 0 Å². The molecule has 0 spiro atoms. The summed E-state index contributed by atoms with van der Waals surface area (Å²) >= 11 is 0. The summed E-state index contributed by atoms with van der Waals surface area (Å²) in [4.78, 5) is 73.4. The molecule has 0 saturated heterocycles. The Morgan fingerprint density at radius 1 is 0.248 bits per heavy atom. The van der Waals surface area contributed by atoms with Crippen molar-refractivity contribution in [2.75, 3.05) is 39.6 Å². The largest absolute Gasteiger partial charge is 0.472 e. The summed E-state index contributed by atoms with van der Waals surface area (Å²) in [6, 6.07) is 0. The van der Waals surface area contributed by atoms with Gasteiger partial charge in [0.25, 0.3) is 0 Å². The Bertz CT molecular complexity index is 2080. The minimum absolute atomic E-state index is 0.109. The maximum atomic E-state index is 13.2.